The van der Waals surface area contributed by atoms with Crippen LogP contribution in [0.2, 0.25) is 0 Å². The van der Waals surface area contributed by atoms with Gasteiger partial charge in [-0.15, -0.1) is 0 Å². The third kappa shape index (κ3) is 4.39. The van der Waals surface area contributed by atoms with Gasteiger partial charge in [0.25, 0.3) is 0 Å². The Labute approximate surface area is 128 Å². The van der Waals surface area contributed by atoms with Crippen LogP contribution in [0, 0.1) is 5.92 Å². The number of rotatable bonds is 8. The molecule has 3 atom stereocenters. The highest BCUT2D eigenvalue weighted by Crippen LogP contribution is 2.40. The molecule has 0 aliphatic heterocycles. The Bertz CT molecular complexity index is 309. The second-order valence-corrected chi connectivity index (χ2v) is 7.78. The van der Waals surface area contributed by atoms with Crippen molar-refractivity contribution in [2.75, 3.05) is 12.9 Å². The largest absolute Gasteiger partial charge is 0.468 e. The Morgan fingerprint density at radius 3 is 2.70 bits per heavy atom. The maximum atomic E-state index is 12.3. The summed E-state index contributed by atoms with van der Waals surface area (Å²) in [6.07, 6.45) is 5.48. The van der Waals surface area contributed by atoms with Gasteiger partial charge in [-0.25, -0.2) is 0 Å². The highest BCUT2D eigenvalue weighted by molar-refractivity contribution is 7.99. The van der Waals surface area contributed by atoms with Crippen LogP contribution in [0.5, 0.6) is 0 Å². The zero-order chi connectivity index (χ0) is 15.2. The highest BCUT2D eigenvalue weighted by Gasteiger charge is 2.49. The molecule has 1 saturated carbocycles. The first-order valence-electron chi connectivity index (χ1n) is 7.94. The van der Waals surface area contributed by atoms with Gasteiger partial charge in [0.05, 0.1) is 7.11 Å². The van der Waals surface area contributed by atoms with Crippen molar-refractivity contribution in [3.63, 3.8) is 0 Å². The normalized spacial score (nSPS) is 27.8. The van der Waals surface area contributed by atoms with Crippen molar-refractivity contribution in [3.05, 3.63) is 0 Å². The quantitative estimate of drug-likeness (QED) is 0.695. The van der Waals surface area contributed by atoms with Gasteiger partial charge in [-0.2, -0.15) is 11.8 Å². The van der Waals surface area contributed by atoms with Gasteiger partial charge in [0, 0.05) is 11.3 Å². The maximum absolute atomic E-state index is 12.3. The Morgan fingerprint density at radius 1 is 1.45 bits per heavy atom. The minimum Gasteiger partial charge on any atom is -0.468 e. The number of hydrogen-bond acceptors (Lipinski definition) is 4. The van der Waals surface area contributed by atoms with Gasteiger partial charge in [-0.3, -0.25) is 10.1 Å². The van der Waals surface area contributed by atoms with Gasteiger partial charge < -0.3 is 4.74 Å². The third-order valence-corrected chi connectivity index (χ3v) is 5.73. The number of thioether (sulfide) groups is 1. The standard InChI is InChI=1S/C16H31NO2S/c1-6-13(4)20-11-9-14-8-7-10-16(14,15(18)19-5)17-12(2)3/h12-14,17H,6-11H2,1-5H3. The van der Waals surface area contributed by atoms with Crippen LogP contribution in [0.15, 0.2) is 0 Å². The molecule has 1 N–H and O–H groups in total. The SMILES string of the molecule is CCC(C)SCCC1CCCC1(NC(C)C)C(=O)OC. The smallest absolute Gasteiger partial charge is 0.326 e. The zero-order valence-electron chi connectivity index (χ0n) is 13.7. The first kappa shape index (κ1) is 17.8. The molecule has 0 radical (unpaired) electrons. The molecule has 0 heterocycles. The number of nitrogens with one attached hydrogen (secondary N) is 1. The molecule has 4 heteroatoms. The summed E-state index contributed by atoms with van der Waals surface area (Å²) in [5.74, 6) is 1.48. The summed E-state index contributed by atoms with van der Waals surface area (Å²) in [6, 6.07) is 0.303. The molecule has 20 heavy (non-hydrogen) atoms. The van der Waals surface area contributed by atoms with E-state index in [4.69, 9.17) is 4.74 Å². The fourth-order valence-corrected chi connectivity index (χ4v) is 4.27. The molecule has 1 fully saturated rings. The summed E-state index contributed by atoms with van der Waals surface area (Å²) >= 11 is 2.02. The molecule has 0 amide bonds. The van der Waals surface area contributed by atoms with E-state index in [-0.39, 0.29) is 5.97 Å². The minimum atomic E-state index is -0.446. The Kier molecular flexibility index (Phi) is 7.38. The van der Waals surface area contributed by atoms with Gasteiger partial charge in [0.2, 0.25) is 0 Å². The molecule has 0 saturated heterocycles. The summed E-state index contributed by atoms with van der Waals surface area (Å²) in [5, 5.41) is 4.23. The Balaban J connectivity index is 2.68. The number of carbonyl (C=O) groups excluding carboxylic acids is 1. The van der Waals surface area contributed by atoms with Crippen LogP contribution in [0.1, 0.15) is 59.8 Å². The molecule has 3 nitrogen and oxygen atoms in total. The lowest BCUT2D eigenvalue weighted by molar-refractivity contribution is -0.150. The summed E-state index contributed by atoms with van der Waals surface area (Å²) in [6.45, 7) is 8.72. The molecule has 3 unspecified atom stereocenters. The second-order valence-electron chi connectivity index (χ2n) is 6.23. The summed E-state index contributed by atoms with van der Waals surface area (Å²) in [7, 11) is 1.51. The summed E-state index contributed by atoms with van der Waals surface area (Å²) in [5.41, 5.74) is -0.446. The molecule has 0 spiro atoms. The van der Waals surface area contributed by atoms with Crippen molar-refractivity contribution >= 4 is 17.7 Å². The van der Waals surface area contributed by atoms with Crippen LogP contribution in [0.25, 0.3) is 0 Å². The second kappa shape index (κ2) is 8.28. The van der Waals surface area contributed by atoms with Crippen molar-refractivity contribution in [1.29, 1.82) is 0 Å². The number of esters is 1. The fraction of sp³-hybridized carbons (Fsp3) is 0.938. The monoisotopic (exact) mass is 301 g/mol. The van der Waals surface area contributed by atoms with E-state index in [0.29, 0.717) is 17.2 Å². The van der Waals surface area contributed by atoms with Crippen molar-refractivity contribution in [2.45, 2.75) is 76.6 Å². The Morgan fingerprint density at radius 2 is 2.15 bits per heavy atom. The van der Waals surface area contributed by atoms with E-state index in [0.717, 1.165) is 31.4 Å². The molecule has 0 bridgehead atoms. The van der Waals surface area contributed by atoms with E-state index in [1.807, 2.05) is 11.8 Å². The number of ether oxygens (including phenoxy) is 1. The van der Waals surface area contributed by atoms with E-state index >= 15 is 0 Å². The number of methoxy groups -OCH3 is 1. The molecule has 118 valence electrons. The minimum absolute atomic E-state index is 0.0674. The van der Waals surface area contributed by atoms with Gasteiger partial charge >= 0.3 is 5.97 Å². The Hall–Kier alpha value is -0.220. The molecule has 0 aromatic carbocycles. The summed E-state index contributed by atoms with van der Waals surface area (Å²) in [4.78, 5) is 12.3. The molecule has 0 aromatic rings. The van der Waals surface area contributed by atoms with Crippen LogP contribution in [-0.4, -0.2) is 35.7 Å². The van der Waals surface area contributed by atoms with Crippen LogP contribution in [-0.2, 0) is 9.53 Å². The average molecular weight is 301 g/mol. The molecule has 1 aliphatic rings. The van der Waals surface area contributed by atoms with Crippen molar-refractivity contribution in [1.82, 2.24) is 5.32 Å². The van der Waals surface area contributed by atoms with Crippen molar-refractivity contribution < 1.29 is 9.53 Å². The van der Waals surface area contributed by atoms with Crippen LogP contribution in [0.4, 0.5) is 0 Å². The van der Waals surface area contributed by atoms with Gasteiger partial charge in [0.15, 0.2) is 0 Å². The van der Waals surface area contributed by atoms with E-state index in [9.17, 15) is 4.79 Å². The van der Waals surface area contributed by atoms with Crippen molar-refractivity contribution in [2.24, 2.45) is 5.92 Å². The average Bonchev–Trinajstić information content (AvgIpc) is 2.80. The van der Waals surface area contributed by atoms with Gasteiger partial charge in [-0.05, 0) is 51.2 Å². The predicted octanol–water partition coefficient (Wildman–Crippen LogP) is 3.62. The topological polar surface area (TPSA) is 38.3 Å². The predicted molar refractivity (Wildman–Crippen MR) is 87.2 cm³/mol. The molecular formula is C16H31NO2S. The summed E-state index contributed by atoms with van der Waals surface area (Å²) < 4.78 is 5.11. The number of hydrogen-bond donors (Lipinski definition) is 1. The van der Waals surface area contributed by atoms with E-state index in [1.54, 1.807) is 0 Å². The van der Waals surface area contributed by atoms with E-state index < -0.39 is 5.54 Å². The first-order valence-corrected chi connectivity index (χ1v) is 8.98. The van der Waals surface area contributed by atoms with Crippen LogP contribution < -0.4 is 5.32 Å². The molecular weight excluding hydrogens is 270 g/mol. The van der Waals surface area contributed by atoms with Crippen molar-refractivity contribution in [3.8, 4) is 0 Å². The lowest BCUT2D eigenvalue weighted by atomic mass is 9.84. The first-order chi connectivity index (χ1) is 9.46. The third-order valence-electron chi connectivity index (χ3n) is 4.36. The van der Waals surface area contributed by atoms with Gasteiger partial charge in [-0.1, -0.05) is 20.3 Å². The van der Waals surface area contributed by atoms with Crippen LogP contribution in [0.3, 0.4) is 0 Å². The zero-order valence-corrected chi connectivity index (χ0v) is 14.5. The maximum Gasteiger partial charge on any atom is 0.326 e. The van der Waals surface area contributed by atoms with E-state index in [1.165, 1.54) is 13.5 Å². The molecule has 1 rings (SSSR count). The molecule has 1 aliphatic carbocycles. The molecule has 0 aromatic heterocycles. The van der Waals surface area contributed by atoms with Crippen LogP contribution >= 0.6 is 11.8 Å². The van der Waals surface area contributed by atoms with Gasteiger partial charge in [0.1, 0.15) is 5.54 Å². The van der Waals surface area contributed by atoms with E-state index in [2.05, 4.69) is 33.0 Å². The lowest BCUT2D eigenvalue weighted by Crippen LogP contribution is -2.57. The highest BCUT2D eigenvalue weighted by atomic mass is 32.2. The lowest BCUT2D eigenvalue weighted by Gasteiger charge is -2.35. The number of carbonyl (C=O) groups is 1. The fourth-order valence-electron chi connectivity index (χ4n) is 3.21.